The molecule has 0 saturated carbocycles. The summed E-state index contributed by atoms with van der Waals surface area (Å²) in [6.45, 7) is -0.376. The molecule has 0 aromatic carbocycles. The standard InChI is InChI=1S/C7H13F4NO/c1-2-12-4-7(10,11)5-13-3-6(8)9/h6,12H,2-5H2,1H3. The van der Waals surface area contributed by atoms with Gasteiger partial charge in [-0.05, 0) is 6.54 Å². The molecule has 0 rings (SSSR count). The van der Waals surface area contributed by atoms with Crippen LogP contribution in [0.2, 0.25) is 0 Å². The van der Waals surface area contributed by atoms with Crippen molar-refractivity contribution in [2.24, 2.45) is 0 Å². The van der Waals surface area contributed by atoms with Crippen molar-refractivity contribution in [1.82, 2.24) is 5.32 Å². The maximum atomic E-state index is 12.6. The normalized spacial score (nSPS) is 12.5. The molecule has 0 saturated heterocycles. The number of rotatable bonds is 7. The number of halogens is 4. The molecule has 6 heteroatoms. The maximum absolute atomic E-state index is 12.6. The molecule has 0 radical (unpaired) electrons. The van der Waals surface area contributed by atoms with Gasteiger partial charge in [-0.2, -0.15) is 0 Å². The fourth-order valence-electron chi connectivity index (χ4n) is 0.656. The van der Waals surface area contributed by atoms with E-state index >= 15 is 0 Å². The highest BCUT2D eigenvalue weighted by Gasteiger charge is 2.28. The third kappa shape index (κ3) is 7.98. The molecular formula is C7H13F4NO. The fraction of sp³-hybridized carbons (Fsp3) is 1.00. The molecule has 0 aromatic rings. The molecule has 0 spiro atoms. The van der Waals surface area contributed by atoms with E-state index in [0.29, 0.717) is 6.54 Å². The van der Waals surface area contributed by atoms with Gasteiger partial charge < -0.3 is 10.1 Å². The summed E-state index contributed by atoms with van der Waals surface area (Å²) in [7, 11) is 0. The molecule has 80 valence electrons. The SMILES string of the molecule is CCNCC(F)(F)COCC(F)F. The van der Waals surface area contributed by atoms with Crippen molar-refractivity contribution in [2.45, 2.75) is 19.3 Å². The highest BCUT2D eigenvalue weighted by Crippen LogP contribution is 2.12. The van der Waals surface area contributed by atoms with E-state index in [2.05, 4.69) is 10.1 Å². The molecular weight excluding hydrogens is 190 g/mol. The van der Waals surface area contributed by atoms with Gasteiger partial charge in [0.1, 0.15) is 13.2 Å². The monoisotopic (exact) mass is 203 g/mol. The van der Waals surface area contributed by atoms with Crippen LogP contribution in [0.1, 0.15) is 6.92 Å². The van der Waals surface area contributed by atoms with Gasteiger partial charge in [-0.15, -0.1) is 0 Å². The van der Waals surface area contributed by atoms with E-state index in [0.717, 1.165) is 0 Å². The molecule has 13 heavy (non-hydrogen) atoms. The van der Waals surface area contributed by atoms with Crippen LogP contribution in [0.15, 0.2) is 0 Å². The molecule has 0 amide bonds. The highest BCUT2D eigenvalue weighted by atomic mass is 19.3. The van der Waals surface area contributed by atoms with E-state index < -0.39 is 32.1 Å². The maximum Gasteiger partial charge on any atom is 0.283 e. The first-order valence-corrected chi connectivity index (χ1v) is 3.92. The molecule has 1 N–H and O–H groups in total. The molecule has 0 aromatic heterocycles. The van der Waals surface area contributed by atoms with Gasteiger partial charge in [-0.25, -0.2) is 17.6 Å². The molecule has 0 bridgehead atoms. The van der Waals surface area contributed by atoms with E-state index in [4.69, 9.17) is 0 Å². The van der Waals surface area contributed by atoms with Gasteiger partial charge in [0.05, 0.1) is 6.54 Å². The third-order valence-electron chi connectivity index (χ3n) is 1.19. The highest BCUT2D eigenvalue weighted by molar-refractivity contribution is 4.67. The Morgan fingerprint density at radius 2 is 2.00 bits per heavy atom. The summed E-state index contributed by atoms with van der Waals surface area (Å²) in [6, 6.07) is 0. The summed E-state index contributed by atoms with van der Waals surface area (Å²) in [5, 5.41) is 2.41. The lowest BCUT2D eigenvalue weighted by atomic mass is 10.3. The predicted octanol–water partition coefficient (Wildman–Crippen LogP) is 1.51. The summed E-state index contributed by atoms with van der Waals surface area (Å²) in [6.07, 6.45) is -2.70. The van der Waals surface area contributed by atoms with Crippen LogP contribution >= 0.6 is 0 Å². The first-order valence-electron chi connectivity index (χ1n) is 3.92. The Morgan fingerprint density at radius 1 is 1.38 bits per heavy atom. The Bertz CT molecular complexity index is 132. The lowest BCUT2D eigenvalue weighted by Gasteiger charge is -2.16. The van der Waals surface area contributed by atoms with Gasteiger partial charge in [-0.1, -0.05) is 6.92 Å². The largest absolute Gasteiger partial charge is 0.369 e. The van der Waals surface area contributed by atoms with Crippen LogP contribution in [0.5, 0.6) is 0 Å². The summed E-state index contributed by atoms with van der Waals surface area (Å²) in [5.41, 5.74) is 0. The number of nitrogens with one attached hydrogen (secondary N) is 1. The molecule has 0 aliphatic rings. The van der Waals surface area contributed by atoms with Crippen molar-refractivity contribution in [3.8, 4) is 0 Å². The van der Waals surface area contributed by atoms with E-state index in [-0.39, 0.29) is 0 Å². The van der Waals surface area contributed by atoms with Crippen LogP contribution in [0.3, 0.4) is 0 Å². The quantitative estimate of drug-likeness (QED) is 0.633. The summed E-state index contributed by atoms with van der Waals surface area (Å²) in [4.78, 5) is 0. The molecule has 0 aliphatic carbocycles. The first kappa shape index (κ1) is 12.6. The summed E-state index contributed by atoms with van der Waals surface area (Å²) >= 11 is 0. The van der Waals surface area contributed by atoms with Crippen LogP contribution in [0.25, 0.3) is 0 Å². The Kier molecular flexibility index (Phi) is 5.98. The predicted molar refractivity (Wildman–Crippen MR) is 40.3 cm³/mol. The zero-order valence-corrected chi connectivity index (χ0v) is 7.33. The summed E-state index contributed by atoms with van der Waals surface area (Å²) in [5.74, 6) is -3.08. The Balaban J connectivity index is 3.50. The Morgan fingerprint density at radius 3 is 2.46 bits per heavy atom. The molecule has 0 aliphatic heterocycles. The van der Waals surface area contributed by atoms with Crippen LogP contribution in [0, 0.1) is 0 Å². The molecule has 0 heterocycles. The van der Waals surface area contributed by atoms with Gasteiger partial charge >= 0.3 is 0 Å². The summed E-state index contributed by atoms with van der Waals surface area (Å²) < 4.78 is 52.3. The third-order valence-corrected chi connectivity index (χ3v) is 1.19. The molecule has 0 unspecified atom stereocenters. The van der Waals surface area contributed by atoms with E-state index in [1.54, 1.807) is 6.92 Å². The fourth-order valence-corrected chi connectivity index (χ4v) is 0.656. The van der Waals surface area contributed by atoms with Gasteiger partial charge in [0.25, 0.3) is 12.3 Å². The zero-order chi connectivity index (χ0) is 10.3. The van der Waals surface area contributed by atoms with Crippen molar-refractivity contribution in [3.63, 3.8) is 0 Å². The van der Waals surface area contributed by atoms with Crippen molar-refractivity contribution in [1.29, 1.82) is 0 Å². The van der Waals surface area contributed by atoms with Gasteiger partial charge in [0.15, 0.2) is 0 Å². The van der Waals surface area contributed by atoms with Crippen molar-refractivity contribution in [3.05, 3.63) is 0 Å². The number of ether oxygens (including phenoxy) is 1. The van der Waals surface area contributed by atoms with Crippen LogP contribution < -0.4 is 5.32 Å². The molecule has 0 fully saturated rings. The van der Waals surface area contributed by atoms with E-state index in [1.807, 2.05) is 0 Å². The van der Waals surface area contributed by atoms with Crippen molar-refractivity contribution < 1.29 is 22.3 Å². The van der Waals surface area contributed by atoms with Crippen LogP contribution in [-0.2, 0) is 4.74 Å². The van der Waals surface area contributed by atoms with Gasteiger partial charge in [-0.3, -0.25) is 0 Å². The number of hydrogen-bond donors (Lipinski definition) is 1. The average molecular weight is 203 g/mol. The van der Waals surface area contributed by atoms with Gasteiger partial charge in [0, 0.05) is 0 Å². The van der Waals surface area contributed by atoms with Gasteiger partial charge in [0.2, 0.25) is 0 Å². The second-order valence-electron chi connectivity index (χ2n) is 2.54. The van der Waals surface area contributed by atoms with E-state index in [1.165, 1.54) is 0 Å². The number of alkyl halides is 4. The lowest BCUT2D eigenvalue weighted by molar-refractivity contribution is -0.0934. The minimum atomic E-state index is -3.08. The molecule has 2 nitrogen and oxygen atoms in total. The Labute approximate surface area is 74.3 Å². The zero-order valence-electron chi connectivity index (χ0n) is 7.33. The lowest BCUT2D eigenvalue weighted by Crippen LogP contribution is -2.37. The second-order valence-corrected chi connectivity index (χ2v) is 2.54. The second kappa shape index (κ2) is 6.15. The number of hydrogen-bond acceptors (Lipinski definition) is 2. The average Bonchev–Trinajstić information content (AvgIpc) is 2.00. The van der Waals surface area contributed by atoms with Crippen LogP contribution in [0.4, 0.5) is 17.6 Å². The minimum absolute atomic E-state index is 0.407. The van der Waals surface area contributed by atoms with E-state index in [9.17, 15) is 17.6 Å². The Hall–Kier alpha value is -0.360. The topological polar surface area (TPSA) is 21.3 Å². The van der Waals surface area contributed by atoms with Crippen LogP contribution in [-0.4, -0.2) is 38.7 Å². The smallest absolute Gasteiger partial charge is 0.283 e. The minimum Gasteiger partial charge on any atom is -0.369 e. The van der Waals surface area contributed by atoms with Crippen molar-refractivity contribution in [2.75, 3.05) is 26.3 Å². The first-order chi connectivity index (χ1) is 5.98. The molecule has 0 atom stereocenters. The van der Waals surface area contributed by atoms with Crippen molar-refractivity contribution >= 4 is 0 Å².